The minimum Gasteiger partial charge on any atom is -0.314 e. The molecular formula is C17H29N3. The van der Waals surface area contributed by atoms with Crippen LogP contribution in [0, 0.1) is 0 Å². The summed E-state index contributed by atoms with van der Waals surface area (Å²) in [7, 11) is 2.25. The van der Waals surface area contributed by atoms with Gasteiger partial charge in [0.25, 0.3) is 0 Å². The minimum atomic E-state index is 1.15. The number of rotatable bonds is 8. The van der Waals surface area contributed by atoms with E-state index in [0.29, 0.717) is 0 Å². The van der Waals surface area contributed by atoms with Gasteiger partial charge >= 0.3 is 0 Å². The van der Waals surface area contributed by atoms with Gasteiger partial charge in [-0.05, 0) is 38.4 Å². The lowest BCUT2D eigenvalue weighted by molar-refractivity contribution is 0.204. The number of likely N-dealkylation sites (N-methyl/N-ethyl adjacent to an activating group) is 1. The Morgan fingerprint density at radius 2 is 1.80 bits per heavy atom. The number of hydrogen-bond acceptors (Lipinski definition) is 3. The Morgan fingerprint density at radius 3 is 2.55 bits per heavy atom. The molecule has 112 valence electrons. The van der Waals surface area contributed by atoms with E-state index in [9.17, 15) is 0 Å². The van der Waals surface area contributed by atoms with Crippen molar-refractivity contribution in [1.82, 2.24) is 15.1 Å². The van der Waals surface area contributed by atoms with Crippen molar-refractivity contribution >= 4 is 0 Å². The predicted molar refractivity (Wildman–Crippen MR) is 86.2 cm³/mol. The molecule has 0 aliphatic carbocycles. The second kappa shape index (κ2) is 9.11. The summed E-state index contributed by atoms with van der Waals surface area (Å²) < 4.78 is 0. The highest BCUT2D eigenvalue weighted by Crippen LogP contribution is 2.05. The van der Waals surface area contributed by atoms with Gasteiger partial charge in [0.2, 0.25) is 0 Å². The lowest BCUT2D eigenvalue weighted by Crippen LogP contribution is -2.46. The molecule has 1 aliphatic heterocycles. The molecule has 1 saturated heterocycles. The van der Waals surface area contributed by atoms with Crippen molar-refractivity contribution in [2.45, 2.75) is 19.3 Å². The molecule has 1 heterocycles. The van der Waals surface area contributed by atoms with Crippen LogP contribution >= 0.6 is 0 Å². The highest BCUT2D eigenvalue weighted by Gasteiger charge is 2.09. The Balaban J connectivity index is 1.50. The maximum absolute atomic E-state index is 3.40. The number of hydrogen-bond donors (Lipinski definition) is 1. The Morgan fingerprint density at radius 1 is 1.05 bits per heavy atom. The van der Waals surface area contributed by atoms with Gasteiger partial charge in [0, 0.05) is 39.3 Å². The molecule has 0 atom stereocenters. The molecule has 0 saturated carbocycles. The molecule has 1 aliphatic rings. The monoisotopic (exact) mass is 275 g/mol. The number of benzene rings is 1. The van der Waals surface area contributed by atoms with E-state index in [1.807, 2.05) is 0 Å². The van der Waals surface area contributed by atoms with Gasteiger partial charge in [-0.25, -0.2) is 0 Å². The first kappa shape index (κ1) is 15.5. The van der Waals surface area contributed by atoms with E-state index in [1.165, 1.54) is 57.5 Å². The maximum atomic E-state index is 3.40. The summed E-state index contributed by atoms with van der Waals surface area (Å²) in [6.07, 6.45) is 3.81. The highest BCUT2D eigenvalue weighted by molar-refractivity contribution is 5.14. The zero-order valence-corrected chi connectivity index (χ0v) is 12.9. The van der Waals surface area contributed by atoms with Crippen LogP contribution in [0.3, 0.4) is 0 Å². The van der Waals surface area contributed by atoms with Gasteiger partial charge in [-0.1, -0.05) is 30.3 Å². The molecule has 0 bridgehead atoms. The van der Waals surface area contributed by atoms with Crippen molar-refractivity contribution in [2.75, 3.05) is 52.9 Å². The second-order valence-electron chi connectivity index (χ2n) is 5.84. The smallest absolute Gasteiger partial charge is 0.0110 e. The van der Waals surface area contributed by atoms with Crippen LogP contribution in [-0.4, -0.2) is 62.7 Å². The quantitative estimate of drug-likeness (QED) is 0.731. The van der Waals surface area contributed by atoms with Crippen LogP contribution in [-0.2, 0) is 6.42 Å². The summed E-state index contributed by atoms with van der Waals surface area (Å²) >= 11 is 0. The van der Waals surface area contributed by atoms with Gasteiger partial charge in [-0.2, -0.15) is 0 Å². The Labute approximate surface area is 124 Å². The normalized spacial score (nSPS) is 16.7. The zero-order chi connectivity index (χ0) is 14.0. The van der Waals surface area contributed by atoms with Gasteiger partial charge < -0.3 is 10.2 Å². The van der Waals surface area contributed by atoms with Crippen LogP contribution in [0.5, 0.6) is 0 Å². The van der Waals surface area contributed by atoms with Crippen LogP contribution in [0.25, 0.3) is 0 Å². The third kappa shape index (κ3) is 6.04. The van der Waals surface area contributed by atoms with Gasteiger partial charge in [-0.3, -0.25) is 4.90 Å². The number of piperazine rings is 1. The molecular weight excluding hydrogens is 246 g/mol. The van der Waals surface area contributed by atoms with E-state index in [2.05, 4.69) is 52.5 Å². The minimum absolute atomic E-state index is 1.15. The van der Waals surface area contributed by atoms with E-state index in [0.717, 1.165) is 13.1 Å². The third-order valence-corrected chi connectivity index (χ3v) is 4.11. The molecule has 0 amide bonds. The Bertz CT molecular complexity index is 347. The molecule has 1 fully saturated rings. The fourth-order valence-electron chi connectivity index (χ4n) is 2.71. The third-order valence-electron chi connectivity index (χ3n) is 4.11. The topological polar surface area (TPSA) is 18.5 Å². The molecule has 1 aromatic rings. The van der Waals surface area contributed by atoms with E-state index in [1.54, 1.807) is 0 Å². The van der Waals surface area contributed by atoms with E-state index in [-0.39, 0.29) is 0 Å². The Kier molecular flexibility index (Phi) is 7.06. The number of aryl methyl sites for hydroxylation is 1. The fraction of sp³-hybridized carbons (Fsp3) is 0.647. The predicted octanol–water partition coefficient (Wildman–Crippen LogP) is 1.85. The molecule has 0 aromatic heterocycles. The lowest BCUT2D eigenvalue weighted by atomic mass is 10.1. The largest absolute Gasteiger partial charge is 0.314 e. The average molecular weight is 275 g/mol. The first-order valence-electron chi connectivity index (χ1n) is 8.00. The van der Waals surface area contributed by atoms with Crippen molar-refractivity contribution in [3.05, 3.63) is 35.9 Å². The van der Waals surface area contributed by atoms with Gasteiger partial charge in [0.15, 0.2) is 0 Å². The molecule has 0 unspecified atom stereocenters. The summed E-state index contributed by atoms with van der Waals surface area (Å²) in [5.41, 5.74) is 1.47. The summed E-state index contributed by atoms with van der Waals surface area (Å²) in [5.74, 6) is 0. The second-order valence-corrected chi connectivity index (χ2v) is 5.84. The number of unbranched alkanes of at least 4 members (excludes halogenated alkanes) is 1. The first-order chi connectivity index (χ1) is 9.84. The Hall–Kier alpha value is -0.900. The molecule has 0 radical (unpaired) electrons. The average Bonchev–Trinajstić information content (AvgIpc) is 2.52. The molecule has 20 heavy (non-hydrogen) atoms. The van der Waals surface area contributed by atoms with Crippen molar-refractivity contribution in [3.8, 4) is 0 Å². The maximum Gasteiger partial charge on any atom is 0.0110 e. The van der Waals surface area contributed by atoms with Crippen LogP contribution in [0.2, 0.25) is 0 Å². The standard InChI is InChI=1S/C17H29N3/c1-19(15-16-20-13-10-18-11-14-20)12-6-5-9-17-7-3-2-4-8-17/h2-4,7-8,18H,5-6,9-16H2,1H3. The van der Waals surface area contributed by atoms with E-state index in [4.69, 9.17) is 0 Å². The van der Waals surface area contributed by atoms with Crippen molar-refractivity contribution in [3.63, 3.8) is 0 Å². The van der Waals surface area contributed by atoms with E-state index < -0.39 is 0 Å². The summed E-state index contributed by atoms with van der Waals surface area (Å²) in [5, 5.41) is 3.40. The van der Waals surface area contributed by atoms with Crippen molar-refractivity contribution < 1.29 is 0 Å². The molecule has 3 nitrogen and oxygen atoms in total. The van der Waals surface area contributed by atoms with E-state index >= 15 is 0 Å². The molecule has 3 heteroatoms. The SMILES string of the molecule is CN(CCCCc1ccccc1)CCN1CCNCC1. The van der Waals surface area contributed by atoms with Crippen molar-refractivity contribution in [2.24, 2.45) is 0 Å². The molecule has 2 rings (SSSR count). The molecule has 1 aromatic carbocycles. The highest BCUT2D eigenvalue weighted by atomic mass is 15.2. The van der Waals surface area contributed by atoms with Gasteiger partial charge in [-0.15, -0.1) is 0 Å². The van der Waals surface area contributed by atoms with Crippen LogP contribution in [0.4, 0.5) is 0 Å². The van der Waals surface area contributed by atoms with Crippen LogP contribution in [0.15, 0.2) is 30.3 Å². The number of nitrogens with one attached hydrogen (secondary N) is 1. The van der Waals surface area contributed by atoms with Gasteiger partial charge in [0.05, 0.1) is 0 Å². The number of nitrogens with zero attached hydrogens (tertiary/aromatic N) is 2. The zero-order valence-electron chi connectivity index (χ0n) is 12.9. The molecule has 0 spiro atoms. The fourth-order valence-corrected chi connectivity index (χ4v) is 2.71. The van der Waals surface area contributed by atoms with Crippen LogP contribution < -0.4 is 5.32 Å². The molecule has 1 N–H and O–H groups in total. The lowest BCUT2D eigenvalue weighted by Gasteiger charge is -2.29. The van der Waals surface area contributed by atoms with Gasteiger partial charge in [0.1, 0.15) is 0 Å². The van der Waals surface area contributed by atoms with Crippen molar-refractivity contribution in [1.29, 1.82) is 0 Å². The van der Waals surface area contributed by atoms with Crippen LogP contribution in [0.1, 0.15) is 18.4 Å². The summed E-state index contributed by atoms with van der Waals surface area (Å²) in [4.78, 5) is 5.05. The first-order valence-corrected chi connectivity index (χ1v) is 8.00. The summed E-state index contributed by atoms with van der Waals surface area (Å²) in [6.45, 7) is 8.37. The summed E-state index contributed by atoms with van der Waals surface area (Å²) in [6, 6.07) is 10.8.